The van der Waals surface area contributed by atoms with Crippen LogP contribution in [0.1, 0.15) is 39.5 Å². The quantitative estimate of drug-likeness (QED) is 0.771. The summed E-state index contributed by atoms with van der Waals surface area (Å²) in [4.78, 5) is 14.3. The molecule has 15 heavy (non-hydrogen) atoms. The lowest BCUT2D eigenvalue weighted by atomic mass is 9.91. The Morgan fingerprint density at radius 1 is 1.20 bits per heavy atom. The number of amides is 1. The third-order valence-electron chi connectivity index (χ3n) is 3.09. The summed E-state index contributed by atoms with van der Waals surface area (Å²) >= 11 is 0. The highest BCUT2D eigenvalue weighted by molar-refractivity contribution is 5.82. The van der Waals surface area contributed by atoms with Gasteiger partial charge in [0.15, 0.2) is 0 Å². The largest absolute Gasteiger partial charge is 0.342 e. The zero-order valence-corrected chi connectivity index (χ0v) is 10.3. The summed E-state index contributed by atoms with van der Waals surface area (Å²) in [5, 5.41) is 3.10. The first-order valence-electron chi connectivity index (χ1n) is 6.02. The minimum absolute atomic E-state index is 0.265. The van der Waals surface area contributed by atoms with Crippen LogP contribution in [0.5, 0.6) is 0 Å². The summed E-state index contributed by atoms with van der Waals surface area (Å²) in [5.41, 5.74) is -0.265. The van der Waals surface area contributed by atoms with Crippen LogP contribution < -0.4 is 5.32 Å². The SMILES string of the molecule is CNCC(C)(C)C(=O)N1CCCCCC1. The van der Waals surface area contributed by atoms with E-state index in [1.807, 2.05) is 25.8 Å². The molecule has 1 heterocycles. The minimum Gasteiger partial charge on any atom is -0.342 e. The van der Waals surface area contributed by atoms with E-state index in [2.05, 4.69) is 5.32 Å². The van der Waals surface area contributed by atoms with Gasteiger partial charge in [-0.3, -0.25) is 4.79 Å². The molecule has 0 aromatic carbocycles. The van der Waals surface area contributed by atoms with Crippen LogP contribution in [-0.2, 0) is 4.79 Å². The molecule has 0 aromatic heterocycles. The molecular weight excluding hydrogens is 188 g/mol. The van der Waals surface area contributed by atoms with Gasteiger partial charge in [0.25, 0.3) is 0 Å². The topological polar surface area (TPSA) is 32.3 Å². The zero-order chi connectivity index (χ0) is 11.3. The molecule has 1 fully saturated rings. The number of carbonyl (C=O) groups is 1. The minimum atomic E-state index is -0.265. The molecular formula is C12H24N2O. The molecule has 3 heteroatoms. The fraction of sp³-hybridized carbons (Fsp3) is 0.917. The van der Waals surface area contributed by atoms with E-state index in [0.29, 0.717) is 5.91 Å². The van der Waals surface area contributed by atoms with Crippen LogP contribution in [-0.4, -0.2) is 37.5 Å². The van der Waals surface area contributed by atoms with Gasteiger partial charge in [0.1, 0.15) is 0 Å². The molecule has 1 saturated heterocycles. The van der Waals surface area contributed by atoms with Gasteiger partial charge in [-0.2, -0.15) is 0 Å². The van der Waals surface area contributed by atoms with E-state index < -0.39 is 0 Å². The molecule has 1 rings (SSSR count). The van der Waals surface area contributed by atoms with Crippen molar-refractivity contribution in [3.63, 3.8) is 0 Å². The van der Waals surface area contributed by atoms with Crippen LogP contribution in [0, 0.1) is 5.41 Å². The second kappa shape index (κ2) is 5.50. The number of nitrogens with zero attached hydrogens (tertiary/aromatic N) is 1. The second-order valence-electron chi connectivity index (χ2n) is 5.12. The smallest absolute Gasteiger partial charge is 0.229 e. The van der Waals surface area contributed by atoms with E-state index in [-0.39, 0.29) is 5.41 Å². The van der Waals surface area contributed by atoms with Crippen molar-refractivity contribution >= 4 is 5.91 Å². The van der Waals surface area contributed by atoms with Crippen molar-refractivity contribution in [2.24, 2.45) is 5.41 Å². The molecule has 0 aromatic rings. The Balaban J connectivity index is 2.56. The Kier molecular flexibility index (Phi) is 4.58. The Morgan fingerprint density at radius 3 is 2.20 bits per heavy atom. The molecule has 0 spiro atoms. The van der Waals surface area contributed by atoms with Gasteiger partial charge in [0, 0.05) is 19.6 Å². The number of likely N-dealkylation sites (tertiary alicyclic amines) is 1. The summed E-state index contributed by atoms with van der Waals surface area (Å²) < 4.78 is 0. The number of nitrogens with one attached hydrogen (secondary N) is 1. The number of hydrogen-bond acceptors (Lipinski definition) is 2. The van der Waals surface area contributed by atoms with E-state index >= 15 is 0 Å². The highest BCUT2D eigenvalue weighted by Crippen LogP contribution is 2.20. The summed E-state index contributed by atoms with van der Waals surface area (Å²) in [6.07, 6.45) is 4.88. The van der Waals surface area contributed by atoms with Crippen LogP contribution in [0.25, 0.3) is 0 Å². The maximum atomic E-state index is 12.2. The third kappa shape index (κ3) is 3.49. The van der Waals surface area contributed by atoms with E-state index in [4.69, 9.17) is 0 Å². The van der Waals surface area contributed by atoms with E-state index in [1.54, 1.807) is 0 Å². The van der Waals surface area contributed by atoms with Gasteiger partial charge in [-0.1, -0.05) is 12.8 Å². The normalized spacial score (nSPS) is 18.7. The Hall–Kier alpha value is -0.570. The van der Waals surface area contributed by atoms with E-state index in [0.717, 1.165) is 19.6 Å². The van der Waals surface area contributed by atoms with Crippen molar-refractivity contribution < 1.29 is 4.79 Å². The molecule has 1 N–H and O–H groups in total. The van der Waals surface area contributed by atoms with Crippen LogP contribution >= 0.6 is 0 Å². The molecule has 1 amide bonds. The summed E-state index contributed by atoms with van der Waals surface area (Å²) in [5.74, 6) is 0.304. The van der Waals surface area contributed by atoms with Crippen LogP contribution in [0.15, 0.2) is 0 Å². The summed E-state index contributed by atoms with van der Waals surface area (Å²) in [7, 11) is 1.90. The maximum absolute atomic E-state index is 12.2. The molecule has 1 aliphatic heterocycles. The Bertz CT molecular complexity index is 206. The highest BCUT2D eigenvalue weighted by atomic mass is 16.2. The number of hydrogen-bond donors (Lipinski definition) is 1. The van der Waals surface area contributed by atoms with E-state index in [1.165, 1.54) is 25.7 Å². The predicted octanol–water partition coefficient (Wildman–Crippen LogP) is 1.63. The molecule has 88 valence electrons. The summed E-state index contributed by atoms with van der Waals surface area (Å²) in [6.45, 7) is 6.70. The first kappa shape index (κ1) is 12.5. The highest BCUT2D eigenvalue weighted by Gasteiger charge is 2.31. The van der Waals surface area contributed by atoms with Crippen LogP contribution in [0.4, 0.5) is 0 Å². The first-order chi connectivity index (χ1) is 7.08. The standard InChI is InChI=1S/C12H24N2O/c1-12(2,10-13-3)11(15)14-8-6-4-5-7-9-14/h13H,4-10H2,1-3H3. The fourth-order valence-electron chi connectivity index (χ4n) is 2.22. The van der Waals surface area contributed by atoms with Gasteiger partial charge in [0.2, 0.25) is 5.91 Å². The van der Waals surface area contributed by atoms with Gasteiger partial charge in [0.05, 0.1) is 5.41 Å². The Labute approximate surface area is 93.2 Å². The molecule has 0 saturated carbocycles. The lowest BCUT2D eigenvalue weighted by molar-refractivity contribution is -0.140. The van der Waals surface area contributed by atoms with Crippen molar-refractivity contribution in [3.05, 3.63) is 0 Å². The zero-order valence-electron chi connectivity index (χ0n) is 10.3. The van der Waals surface area contributed by atoms with Gasteiger partial charge >= 0.3 is 0 Å². The Morgan fingerprint density at radius 2 is 1.73 bits per heavy atom. The maximum Gasteiger partial charge on any atom is 0.229 e. The molecule has 0 radical (unpaired) electrons. The van der Waals surface area contributed by atoms with Crippen LogP contribution in [0.2, 0.25) is 0 Å². The van der Waals surface area contributed by atoms with Gasteiger partial charge in [-0.15, -0.1) is 0 Å². The number of rotatable bonds is 3. The van der Waals surface area contributed by atoms with Crippen molar-refractivity contribution in [1.82, 2.24) is 10.2 Å². The predicted molar refractivity (Wildman–Crippen MR) is 62.8 cm³/mol. The first-order valence-corrected chi connectivity index (χ1v) is 6.02. The van der Waals surface area contributed by atoms with Crippen molar-refractivity contribution in [2.45, 2.75) is 39.5 Å². The lowest BCUT2D eigenvalue weighted by Gasteiger charge is -2.31. The van der Waals surface area contributed by atoms with Gasteiger partial charge < -0.3 is 10.2 Å². The van der Waals surface area contributed by atoms with Gasteiger partial charge in [-0.25, -0.2) is 0 Å². The van der Waals surface area contributed by atoms with Gasteiger partial charge in [-0.05, 0) is 33.7 Å². The van der Waals surface area contributed by atoms with Crippen LogP contribution in [0.3, 0.4) is 0 Å². The van der Waals surface area contributed by atoms with E-state index in [9.17, 15) is 4.79 Å². The average Bonchev–Trinajstić information content (AvgIpc) is 2.44. The fourth-order valence-corrected chi connectivity index (χ4v) is 2.22. The number of carbonyl (C=O) groups excluding carboxylic acids is 1. The van der Waals surface area contributed by atoms with Crippen molar-refractivity contribution in [3.8, 4) is 0 Å². The monoisotopic (exact) mass is 212 g/mol. The second-order valence-corrected chi connectivity index (χ2v) is 5.12. The molecule has 0 aliphatic carbocycles. The molecule has 0 unspecified atom stereocenters. The third-order valence-corrected chi connectivity index (χ3v) is 3.09. The lowest BCUT2D eigenvalue weighted by Crippen LogP contribution is -2.45. The average molecular weight is 212 g/mol. The van der Waals surface area contributed by atoms with Crippen molar-refractivity contribution in [1.29, 1.82) is 0 Å². The summed E-state index contributed by atoms with van der Waals surface area (Å²) in [6, 6.07) is 0. The van der Waals surface area contributed by atoms with Crippen molar-refractivity contribution in [2.75, 3.05) is 26.7 Å². The molecule has 1 aliphatic rings. The molecule has 0 bridgehead atoms. The molecule has 0 atom stereocenters. The molecule has 3 nitrogen and oxygen atoms in total.